The molecule has 0 heterocycles. The first-order valence-corrected chi connectivity index (χ1v) is 9.51. The van der Waals surface area contributed by atoms with Gasteiger partial charge in [0.2, 0.25) is 15.9 Å². The molecule has 1 saturated carbocycles. The van der Waals surface area contributed by atoms with Gasteiger partial charge in [-0.1, -0.05) is 37.1 Å². The summed E-state index contributed by atoms with van der Waals surface area (Å²) in [5.74, 6) is -0.249. The van der Waals surface area contributed by atoms with Crippen LogP contribution in [-0.2, 0) is 21.4 Å². The minimum atomic E-state index is -3.36. The molecule has 0 spiro atoms. The number of sulfonamides is 1. The lowest BCUT2D eigenvalue weighted by Crippen LogP contribution is -2.44. The zero-order valence-electron chi connectivity index (χ0n) is 13.2. The molecule has 1 N–H and O–H groups in total. The summed E-state index contributed by atoms with van der Waals surface area (Å²) in [6.07, 6.45) is 4.93. The Morgan fingerprint density at radius 3 is 2.50 bits per heavy atom. The summed E-state index contributed by atoms with van der Waals surface area (Å²) in [5.41, 5.74) is 2.15. The fraction of sp³-hybridized carbons (Fsp3) is 0.562. The van der Waals surface area contributed by atoms with Gasteiger partial charge < -0.3 is 5.32 Å². The van der Waals surface area contributed by atoms with Crippen molar-refractivity contribution < 1.29 is 13.2 Å². The molecule has 2 rings (SSSR count). The molecular formula is C16H24N2O3S. The van der Waals surface area contributed by atoms with Crippen molar-refractivity contribution in [1.29, 1.82) is 0 Å². The zero-order chi connectivity index (χ0) is 16.2. The average Bonchev–Trinajstić information content (AvgIpc) is 2.96. The number of hydrogen-bond donors (Lipinski definition) is 1. The standard InChI is InChI=1S/C16H24N2O3S/c1-13-7-3-4-8-14(13)11-17-16(19)12-18(22(2,20)21)15-9-5-6-10-15/h3-4,7-8,15H,5-6,9-12H2,1-2H3,(H,17,19). The highest BCUT2D eigenvalue weighted by molar-refractivity contribution is 7.88. The topological polar surface area (TPSA) is 66.5 Å². The fourth-order valence-corrected chi connectivity index (χ4v) is 4.01. The number of carbonyl (C=O) groups is 1. The molecule has 1 aromatic rings. The van der Waals surface area contributed by atoms with E-state index in [1.54, 1.807) is 0 Å². The van der Waals surface area contributed by atoms with E-state index in [0.717, 1.165) is 36.8 Å². The Labute approximate surface area is 132 Å². The van der Waals surface area contributed by atoms with E-state index in [1.165, 1.54) is 10.6 Å². The summed E-state index contributed by atoms with van der Waals surface area (Å²) >= 11 is 0. The second kappa shape index (κ2) is 7.24. The van der Waals surface area contributed by atoms with Crippen LogP contribution in [0, 0.1) is 6.92 Å². The first kappa shape index (κ1) is 17.0. The van der Waals surface area contributed by atoms with Gasteiger partial charge in [-0.05, 0) is 30.9 Å². The van der Waals surface area contributed by atoms with E-state index in [1.807, 2.05) is 31.2 Å². The van der Waals surface area contributed by atoms with Crippen molar-refractivity contribution in [2.45, 2.75) is 45.2 Å². The van der Waals surface area contributed by atoms with Crippen LogP contribution in [0.25, 0.3) is 0 Å². The SMILES string of the molecule is Cc1ccccc1CNC(=O)CN(C1CCCC1)S(C)(=O)=O. The lowest BCUT2D eigenvalue weighted by Gasteiger charge is -2.25. The van der Waals surface area contributed by atoms with E-state index in [-0.39, 0.29) is 18.5 Å². The number of carbonyl (C=O) groups excluding carboxylic acids is 1. The van der Waals surface area contributed by atoms with Crippen LogP contribution in [0.3, 0.4) is 0 Å². The third-order valence-corrected chi connectivity index (χ3v) is 5.47. The van der Waals surface area contributed by atoms with E-state index in [9.17, 15) is 13.2 Å². The summed E-state index contributed by atoms with van der Waals surface area (Å²) in [5, 5.41) is 2.82. The van der Waals surface area contributed by atoms with Gasteiger partial charge in [0.25, 0.3) is 0 Å². The lowest BCUT2D eigenvalue weighted by atomic mass is 10.1. The van der Waals surface area contributed by atoms with Crippen molar-refractivity contribution in [1.82, 2.24) is 9.62 Å². The van der Waals surface area contributed by atoms with Crippen LogP contribution in [-0.4, -0.2) is 37.5 Å². The summed E-state index contributed by atoms with van der Waals surface area (Å²) in [7, 11) is -3.36. The maximum Gasteiger partial charge on any atom is 0.235 e. The summed E-state index contributed by atoms with van der Waals surface area (Å²) in [6, 6.07) is 7.80. The number of nitrogens with zero attached hydrogens (tertiary/aromatic N) is 1. The summed E-state index contributed by atoms with van der Waals surface area (Å²) in [4.78, 5) is 12.1. The van der Waals surface area contributed by atoms with Crippen LogP contribution in [0.5, 0.6) is 0 Å². The number of aryl methyl sites for hydroxylation is 1. The van der Waals surface area contributed by atoms with Crippen molar-refractivity contribution in [2.75, 3.05) is 12.8 Å². The number of benzene rings is 1. The number of rotatable bonds is 6. The van der Waals surface area contributed by atoms with Crippen LogP contribution >= 0.6 is 0 Å². The van der Waals surface area contributed by atoms with E-state index in [2.05, 4.69) is 5.32 Å². The van der Waals surface area contributed by atoms with E-state index >= 15 is 0 Å². The second-order valence-electron chi connectivity index (χ2n) is 5.95. The van der Waals surface area contributed by atoms with Gasteiger partial charge in [0.05, 0.1) is 12.8 Å². The van der Waals surface area contributed by atoms with Gasteiger partial charge >= 0.3 is 0 Å². The van der Waals surface area contributed by atoms with E-state index in [0.29, 0.717) is 6.54 Å². The predicted molar refractivity (Wildman–Crippen MR) is 86.8 cm³/mol. The third-order valence-electron chi connectivity index (χ3n) is 4.19. The molecule has 0 unspecified atom stereocenters. The maximum atomic E-state index is 12.1. The molecule has 1 aliphatic rings. The molecule has 5 nitrogen and oxygen atoms in total. The van der Waals surface area contributed by atoms with E-state index in [4.69, 9.17) is 0 Å². The summed E-state index contributed by atoms with van der Waals surface area (Å²) in [6.45, 7) is 2.33. The molecule has 0 saturated heterocycles. The Balaban J connectivity index is 1.95. The van der Waals surface area contributed by atoms with Crippen LogP contribution in [0.2, 0.25) is 0 Å². The Morgan fingerprint density at radius 2 is 1.91 bits per heavy atom. The van der Waals surface area contributed by atoms with Crippen LogP contribution in [0.4, 0.5) is 0 Å². The minimum Gasteiger partial charge on any atom is -0.351 e. The van der Waals surface area contributed by atoms with Crippen molar-refractivity contribution in [3.63, 3.8) is 0 Å². The first-order valence-electron chi connectivity index (χ1n) is 7.66. The van der Waals surface area contributed by atoms with Crippen molar-refractivity contribution >= 4 is 15.9 Å². The molecule has 1 fully saturated rings. The number of amides is 1. The van der Waals surface area contributed by atoms with Gasteiger partial charge in [0.15, 0.2) is 0 Å². The average molecular weight is 324 g/mol. The molecule has 1 amide bonds. The Kier molecular flexibility index (Phi) is 5.58. The Morgan fingerprint density at radius 1 is 1.27 bits per heavy atom. The highest BCUT2D eigenvalue weighted by atomic mass is 32.2. The fourth-order valence-electron chi connectivity index (χ4n) is 2.91. The molecule has 0 atom stereocenters. The summed E-state index contributed by atoms with van der Waals surface area (Å²) < 4.78 is 25.2. The molecule has 0 radical (unpaired) electrons. The highest BCUT2D eigenvalue weighted by Crippen LogP contribution is 2.25. The molecular weight excluding hydrogens is 300 g/mol. The van der Waals surface area contributed by atoms with Crippen molar-refractivity contribution in [3.05, 3.63) is 35.4 Å². The smallest absolute Gasteiger partial charge is 0.235 e. The van der Waals surface area contributed by atoms with Gasteiger partial charge in [-0.15, -0.1) is 0 Å². The van der Waals surface area contributed by atoms with Crippen LogP contribution in [0.15, 0.2) is 24.3 Å². The van der Waals surface area contributed by atoms with Gasteiger partial charge in [0.1, 0.15) is 0 Å². The van der Waals surface area contributed by atoms with Gasteiger partial charge in [-0.3, -0.25) is 4.79 Å². The number of nitrogens with one attached hydrogen (secondary N) is 1. The zero-order valence-corrected chi connectivity index (χ0v) is 14.0. The lowest BCUT2D eigenvalue weighted by molar-refractivity contribution is -0.121. The maximum absolute atomic E-state index is 12.1. The molecule has 1 aliphatic carbocycles. The first-order chi connectivity index (χ1) is 10.4. The Hall–Kier alpha value is -1.40. The predicted octanol–water partition coefficient (Wildman–Crippen LogP) is 1.82. The molecule has 6 heteroatoms. The Bertz CT molecular complexity index is 622. The molecule has 0 bridgehead atoms. The largest absolute Gasteiger partial charge is 0.351 e. The monoisotopic (exact) mass is 324 g/mol. The van der Waals surface area contributed by atoms with Crippen LogP contribution < -0.4 is 5.32 Å². The number of hydrogen-bond acceptors (Lipinski definition) is 3. The van der Waals surface area contributed by atoms with Crippen LogP contribution in [0.1, 0.15) is 36.8 Å². The van der Waals surface area contributed by atoms with Gasteiger partial charge in [-0.25, -0.2) is 8.42 Å². The van der Waals surface area contributed by atoms with Gasteiger partial charge in [-0.2, -0.15) is 4.31 Å². The molecule has 1 aromatic carbocycles. The second-order valence-corrected chi connectivity index (χ2v) is 7.88. The normalized spacial score (nSPS) is 16.1. The third kappa shape index (κ3) is 4.55. The van der Waals surface area contributed by atoms with Crippen molar-refractivity contribution in [2.24, 2.45) is 0 Å². The quantitative estimate of drug-likeness (QED) is 0.868. The molecule has 122 valence electrons. The minimum absolute atomic E-state index is 0.0285. The van der Waals surface area contributed by atoms with Crippen molar-refractivity contribution in [3.8, 4) is 0 Å². The van der Waals surface area contributed by atoms with E-state index < -0.39 is 10.0 Å². The molecule has 22 heavy (non-hydrogen) atoms. The highest BCUT2D eigenvalue weighted by Gasteiger charge is 2.30. The van der Waals surface area contributed by atoms with Gasteiger partial charge in [0, 0.05) is 12.6 Å². The molecule has 0 aromatic heterocycles. The molecule has 0 aliphatic heterocycles.